The molecule has 25 heavy (non-hydrogen) atoms. The van der Waals surface area contributed by atoms with Gasteiger partial charge in [-0.3, -0.25) is 0 Å². The zero-order chi connectivity index (χ0) is 18.4. The molecule has 1 aromatic carbocycles. The molecule has 2 N–H and O–H groups in total. The standard InChI is InChI=1S/C18H25N3O3S/c1-12(13-5-7-14(8-6-13)17(23)24-4)9-19-10-16(22)15-11-25-18(20-15)21(2)3/h5-8,11-12,16,19,22H,9-10H2,1-4H3. The Labute approximate surface area is 152 Å². The van der Waals surface area contributed by atoms with Gasteiger partial charge in [-0.05, 0) is 23.6 Å². The number of hydrogen-bond donors (Lipinski definition) is 2. The summed E-state index contributed by atoms with van der Waals surface area (Å²) >= 11 is 1.52. The van der Waals surface area contributed by atoms with E-state index in [0.717, 1.165) is 17.2 Å². The van der Waals surface area contributed by atoms with Crippen LogP contribution in [-0.4, -0.2) is 50.4 Å². The van der Waals surface area contributed by atoms with E-state index < -0.39 is 6.10 Å². The lowest BCUT2D eigenvalue weighted by molar-refractivity contribution is 0.0600. The van der Waals surface area contributed by atoms with Gasteiger partial charge in [-0.2, -0.15) is 0 Å². The van der Waals surface area contributed by atoms with Gasteiger partial charge in [-0.25, -0.2) is 9.78 Å². The highest BCUT2D eigenvalue weighted by Crippen LogP contribution is 2.22. The summed E-state index contributed by atoms with van der Waals surface area (Å²) in [6.07, 6.45) is -0.626. The average molecular weight is 363 g/mol. The van der Waals surface area contributed by atoms with Crippen molar-refractivity contribution in [2.45, 2.75) is 18.9 Å². The molecule has 0 aliphatic carbocycles. The molecule has 2 atom stereocenters. The van der Waals surface area contributed by atoms with E-state index in [-0.39, 0.29) is 11.9 Å². The summed E-state index contributed by atoms with van der Waals surface area (Å²) in [6.45, 7) is 3.26. The first-order chi connectivity index (χ1) is 11.9. The Balaban J connectivity index is 1.83. The summed E-state index contributed by atoms with van der Waals surface area (Å²) < 4.78 is 4.70. The molecule has 1 aromatic heterocycles. The van der Waals surface area contributed by atoms with Gasteiger partial charge in [0.2, 0.25) is 0 Å². The number of hydrogen-bond acceptors (Lipinski definition) is 7. The third-order valence-corrected chi connectivity index (χ3v) is 4.95. The van der Waals surface area contributed by atoms with Crippen LogP contribution in [0.5, 0.6) is 0 Å². The maximum atomic E-state index is 11.4. The van der Waals surface area contributed by atoms with Crippen LogP contribution in [0.1, 0.15) is 40.6 Å². The molecule has 7 heteroatoms. The van der Waals surface area contributed by atoms with Crippen LogP contribution < -0.4 is 10.2 Å². The van der Waals surface area contributed by atoms with Gasteiger partial charge in [-0.1, -0.05) is 19.1 Å². The number of nitrogens with one attached hydrogen (secondary N) is 1. The molecular weight excluding hydrogens is 338 g/mol. The molecule has 0 aliphatic rings. The number of nitrogens with zero attached hydrogens (tertiary/aromatic N) is 2. The number of esters is 1. The monoisotopic (exact) mass is 363 g/mol. The first-order valence-electron chi connectivity index (χ1n) is 8.12. The Morgan fingerprint density at radius 2 is 2.00 bits per heavy atom. The fourth-order valence-corrected chi connectivity index (χ4v) is 3.16. The number of benzene rings is 1. The molecule has 0 spiro atoms. The molecule has 0 saturated heterocycles. The van der Waals surface area contributed by atoms with E-state index in [0.29, 0.717) is 17.8 Å². The Morgan fingerprint density at radius 1 is 1.32 bits per heavy atom. The smallest absolute Gasteiger partial charge is 0.337 e. The van der Waals surface area contributed by atoms with E-state index in [9.17, 15) is 9.90 Å². The zero-order valence-corrected chi connectivity index (χ0v) is 15.8. The minimum atomic E-state index is -0.626. The van der Waals surface area contributed by atoms with Crippen LogP contribution in [0.25, 0.3) is 0 Å². The quantitative estimate of drug-likeness (QED) is 0.702. The number of carbonyl (C=O) groups is 1. The fraction of sp³-hybridized carbons (Fsp3) is 0.444. The molecule has 6 nitrogen and oxygen atoms in total. The van der Waals surface area contributed by atoms with Gasteiger partial charge in [0.15, 0.2) is 5.13 Å². The predicted octanol–water partition coefficient (Wildman–Crippen LogP) is 2.42. The highest BCUT2D eigenvalue weighted by atomic mass is 32.1. The summed E-state index contributed by atoms with van der Waals surface area (Å²) in [5.74, 6) is -0.0764. The molecular formula is C18H25N3O3S. The van der Waals surface area contributed by atoms with Gasteiger partial charge >= 0.3 is 5.97 Å². The van der Waals surface area contributed by atoms with Crippen molar-refractivity contribution in [3.05, 3.63) is 46.5 Å². The van der Waals surface area contributed by atoms with Crippen LogP contribution in [0.2, 0.25) is 0 Å². The maximum Gasteiger partial charge on any atom is 0.337 e. The number of thiazole rings is 1. The SMILES string of the molecule is COC(=O)c1ccc(C(C)CNCC(O)c2csc(N(C)C)n2)cc1. The third-order valence-electron chi connectivity index (χ3n) is 3.92. The van der Waals surface area contributed by atoms with E-state index in [1.165, 1.54) is 18.4 Å². The number of ether oxygens (including phenoxy) is 1. The van der Waals surface area contributed by atoms with E-state index >= 15 is 0 Å². The molecule has 0 aliphatic heterocycles. The lowest BCUT2D eigenvalue weighted by Crippen LogP contribution is -2.25. The second-order valence-electron chi connectivity index (χ2n) is 6.14. The summed E-state index contributed by atoms with van der Waals surface area (Å²) in [5, 5.41) is 16.3. The molecule has 2 unspecified atom stereocenters. The van der Waals surface area contributed by atoms with Crippen LogP contribution in [0, 0.1) is 0 Å². The van der Waals surface area contributed by atoms with Crippen molar-refractivity contribution in [3.63, 3.8) is 0 Å². The average Bonchev–Trinajstić information content (AvgIpc) is 3.11. The van der Waals surface area contributed by atoms with E-state index in [2.05, 4.69) is 17.2 Å². The Kier molecular flexibility index (Phi) is 6.92. The third kappa shape index (κ3) is 5.26. The lowest BCUT2D eigenvalue weighted by atomic mass is 9.99. The van der Waals surface area contributed by atoms with E-state index in [1.807, 2.05) is 36.5 Å². The second-order valence-corrected chi connectivity index (χ2v) is 6.97. The van der Waals surface area contributed by atoms with Crippen LogP contribution in [0.15, 0.2) is 29.6 Å². The molecule has 0 bridgehead atoms. The number of aliphatic hydroxyl groups excluding tert-OH is 1. The van der Waals surface area contributed by atoms with Crippen molar-refractivity contribution in [2.24, 2.45) is 0 Å². The van der Waals surface area contributed by atoms with Crippen molar-refractivity contribution in [1.29, 1.82) is 0 Å². The van der Waals surface area contributed by atoms with Crippen molar-refractivity contribution < 1.29 is 14.6 Å². The molecule has 136 valence electrons. The topological polar surface area (TPSA) is 74.7 Å². The Morgan fingerprint density at radius 3 is 2.56 bits per heavy atom. The predicted molar refractivity (Wildman–Crippen MR) is 100 cm³/mol. The van der Waals surface area contributed by atoms with Crippen LogP contribution in [0.4, 0.5) is 5.13 Å². The first kappa shape index (κ1) is 19.4. The van der Waals surface area contributed by atoms with Gasteiger partial charge in [-0.15, -0.1) is 11.3 Å². The minimum absolute atomic E-state index is 0.256. The highest BCUT2D eigenvalue weighted by molar-refractivity contribution is 7.13. The molecule has 2 aromatic rings. The van der Waals surface area contributed by atoms with Gasteiger partial charge in [0.05, 0.1) is 18.4 Å². The lowest BCUT2D eigenvalue weighted by Gasteiger charge is -2.15. The van der Waals surface area contributed by atoms with Gasteiger partial charge < -0.3 is 20.1 Å². The molecule has 0 saturated carbocycles. The van der Waals surface area contributed by atoms with E-state index in [1.54, 1.807) is 12.1 Å². The summed E-state index contributed by atoms with van der Waals surface area (Å²) in [7, 11) is 5.23. The van der Waals surface area contributed by atoms with Crippen LogP contribution >= 0.6 is 11.3 Å². The normalized spacial score (nSPS) is 13.3. The largest absolute Gasteiger partial charge is 0.465 e. The van der Waals surface area contributed by atoms with Crippen molar-refractivity contribution in [2.75, 3.05) is 39.2 Å². The van der Waals surface area contributed by atoms with Crippen molar-refractivity contribution in [3.8, 4) is 0 Å². The van der Waals surface area contributed by atoms with E-state index in [4.69, 9.17) is 4.74 Å². The summed E-state index contributed by atoms with van der Waals surface area (Å²) in [6, 6.07) is 7.40. The minimum Gasteiger partial charge on any atom is -0.465 e. The number of rotatable bonds is 8. The van der Waals surface area contributed by atoms with Crippen molar-refractivity contribution in [1.82, 2.24) is 10.3 Å². The molecule has 0 radical (unpaired) electrons. The number of carbonyl (C=O) groups excluding carboxylic acids is 1. The first-order valence-corrected chi connectivity index (χ1v) is 9.00. The van der Waals surface area contributed by atoms with Crippen LogP contribution in [0.3, 0.4) is 0 Å². The number of methoxy groups -OCH3 is 1. The molecule has 1 heterocycles. The highest BCUT2D eigenvalue weighted by Gasteiger charge is 2.14. The van der Waals surface area contributed by atoms with Gasteiger partial charge in [0.1, 0.15) is 6.10 Å². The maximum absolute atomic E-state index is 11.4. The molecule has 2 rings (SSSR count). The van der Waals surface area contributed by atoms with Crippen LogP contribution in [-0.2, 0) is 4.74 Å². The zero-order valence-electron chi connectivity index (χ0n) is 15.0. The molecule has 0 fully saturated rings. The molecule has 0 amide bonds. The second kappa shape index (κ2) is 8.94. The van der Waals surface area contributed by atoms with Crippen molar-refractivity contribution >= 4 is 22.4 Å². The Hall–Kier alpha value is -1.96. The summed E-state index contributed by atoms with van der Waals surface area (Å²) in [4.78, 5) is 17.8. The fourth-order valence-electron chi connectivity index (χ4n) is 2.36. The Bertz CT molecular complexity index is 685. The number of aromatic nitrogens is 1. The van der Waals surface area contributed by atoms with Gasteiger partial charge in [0, 0.05) is 32.6 Å². The summed E-state index contributed by atoms with van der Waals surface area (Å²) in [5.41, 5.74) is 2.36. The number of aliphatic hydroxyl groups is 1. The van der Waals surface area contributed by atoms with Gasteiger partial charge in [0.25, 0.3) is 0 Å². The number of anilines is 1.